The van der Waals surface area contributed by atoms with Crippen LogP contribution in [0.5, 0.6) is 0 Å². The van der Waals surface area contributed by atoms with Crippen molar-refractivity contribution in [1.82, 2.24) is 0 Å². The van der Waals surface area contributed by atoms with E-state index in [1.807, 2.05) is 13.8 Å². The standard InChI is InChI=1S/C24H32O6/c1-12-15-7-8-16-23(6)10-9-18(27)22(4,5)17(23)11-19(29-13(2)25)24(16,20(12)28)21(15)30-14(3)26/h15-17,19,21H,1,7-11H2,2-6H3/t15-,16-,17+,19+,21+,23-,24-/m0/s1. The number of fused-ring (bicyclic) bond motifs is 3. The lowest BCUT2D eigenvalue weighted by Crippen LogP contribution is -2.69. The van der Waals surface area contributed by atoms with E-state index in [-0.39, 0.29) is 34.7 Å². The molecule has 0 heterocycles. The average Bonchev–Trinajstić information content (AvgIpc) is 2.76. The van der Waals surface area contributed by atoms with E-state index < -0.39 is 35.0 Å². The fourth-order valence-electron chi connectivity index (χ4n) is 7.78. The van der Waals surface area contributed by atoms with Crippen molar-refractivity contribution in [1.29, 1.82) is 0 Å². The van der Waals surface area contributed by atoms with Crippen LogP contribution in [0.1, 0.15) is 66.7 Å². The van der Waals surface area contributed by atoms with Crippen molar-refractivity contribution >= 4 is 23.5 Å². The van der Waals surface area contributed by atoms with E-state index in [2.05, 4.69) is 13.5 Å². The molecule has 0 aromatic heterocycles. The number of ether oxygens (including phenoxy) is 2. The van der Waals surface area contributed by atoms with Gasteiger partial charge >= 0.3 is 11.9 Å². The molecule has 6 nitrogen and oxygen atoms in total. The van der Waals surface area contributed by atoms with Gasteiger partial charge in [-0.15, -0.1) is 0 Å². The Morgan fingerprint density at radius 1 is 1.00 bits per heavy atom. The zero-order valence-corrected chi connectivity index (χ0v) is 18.6. The summed E-state index contributed by atoms with van der Waals surface area (Å²) in [7, 11) is 0. The number of Topliss-reactive ketones (excluding diaryl/α,β-unsaturated/α-hetero) is 2. The topological polar surface area (TPSA) is 86.7 Å². The van der Waals surface area contributed by atoms with Crippen molar-refractivity contribution in [2.45, 2.75) is 78.9 Å². The second kappa shape index (κ2) is 6.51. The molecule has 4 aliphatic rings. The molecule has 7 atom stereocenters. The third-order valence-corrected chi connectivity index (χ3v) is 8.97. The molecule has 4 aliphatic carbocycles. The number of carbonyl (C=O) groups is 4. The number of hydrogen-bond acceptors (Lipinski definition) is 6. The van der Waals surface area contributed by atoms with Gasteiger partial charge < -0.3 is 9.47 Å². The highest BCUT2D eigenvalue weighted by Gasteiger charge is 2.76. The molecule has 30 heavy (non-hydrogen) atoms. The van der Waals surface area contributed by atoms with Gasteiger partial charge in [-0.05, 0) is 48.5 Å². The Kier molecular flexibility index (Phi) is 4.61. The number of carbonyl (C=O) groups excluding carboxylic acids is 4. The van der Waals surface area contributed by atoms with Gasteiger partial charge in [0.05, 0.1) is 0 Å². The molecule has 4 rings (SSSR count). The van der Waals surface area contributed by atoms with Crippen LogP contribution in [0.15, 0.2) is 12.2 Å². The normalized spacial score (nSPS) is 44.2. The predicted molar refractivity (Wildman–Crippen MR) is 108 cm³/mol. The lowest BCUT2D eigenvalue weighted by Gasteiger charge is -2.65. The van der Waals surface area contributed by atoms with Crippen LogP contribution in [0.3, 0.4) is 0 Å². The smallest absolute Gasteiger partial charge is 0.302 e. The van der Waals surface area contributed by atoms with Crippen LogP contribution >= 0.6 is 0 Å². The highest BCUT2D eigenvalue weighted by atomic mass is 16.6. The summed E-state index contributed by atoms with van der Waals surface area (Å²) in [6.45, 7) is 12.9. The molecule has 0 aliphatic heterocycles. The Labute approximate surface area is 177 Å². The van der Waals surface area contributed by atoms with E-state index >= 15 is 0 Å². The van der Waals surface area contributed by atoms with Crippen LogP contribution < -0.4 is 0 Å². The van der Waals surface area contributed by atoms with E-state index in [9.17, 15) is 19.2 Å². The quantitative estimate of drug-likeness (QED) is 0.506. The molecule has 1 spiro atoms. The summed E-state index contributed by atoms with van der Waals surface area (Å²) in [6.07, 6.45) is 1.65. The Morgan fingerprint density at radius 2 is 1.63 bits per heavy atom. The molecule has 0 saturated heterocycles. The van der Waals surface area contributed by atoms with Crippen LogP contribution in [0.4, 0.5) is 0 Å². The van der Waals surface area contributed by atoms with Crippen molar-refractivity contribution < 1.29 is 28.7 Å². The minimum absolute atomic E-state index is 0.0255. The number of ketones is 2. The Hall–Kier alpha value is -1.98. The summed E-state index contributed by atoms with van der Waals surface area (Å²) in [6, 6.07) is 0. The van der Waals surface area contributed by atoms with E-state index in [0.29, 0.717) is 31.3 Å². The van der Waals surface area contributed by atoms with Gasteiger partial charge in [0.15, 0.2) is 5.78 Å². The average molecular weight is 417 g/mol. The first kappa shape index (κ1) is 21.3. The molecule has 4 saturated carbocycles. The summed E-state index contributed by atoms with van der Waals surface area (Å²) in [5, 5.41) is 0. The van der Waals surface area contributed by atoms with Crippen LogP contribution in [-0.2, 0) is 28.7 Å². The molecule has 0 unspecified atom stereocenters. The highest BCUT2D eigenvalue weighted by Crippen LogP contribution is 2.71. The minimum Gasteiger partial charge on any atom is -0.461 e. The van der Waals surface area contributed by atoms with Crippen LogP contribution in [0.25, 0.3) is 0 Å². The van der Waals surface area contributed by atoms with Crippen molar-refractivity contribution in [3.8, 4) is 0 Å². The van der Waals surface area contributed by atoms with E-state index in [1.165, 1.54) is 13.8 Å². The second-order valence-corrected chi connectivity index (χ2v) is 10.6. The third kappa shape index (κ3) is 2.48. The maximum atomic E-state index is 13.8. The first-order valence-corrected chi connectivity index (χ1v) is 11.0. The largest absolute Gasteiger partial charge is 0.461 e. The van der Waals surface area contributed by atoms with Gasteiger partial charge in [0, 0.05) is 31.6 Å². The predicted octanol–water partition coefficient (Wildman–Crippen LogP) is 3.42. The highest BCUT2D eigenvalue weighted by molar-refractivity contribution is 6.05. The van der Waals surface area contributed by atoms with Gasteiger partial charge in [-0.2, -0.15) is 0 Å². The minimum atomic E-state index is -1.11. The zero-order chi connectivity index (χ0) is 22.2. The SMILES string of the molecule is C=C1C(=O)[C@]23[C@H](OC(C)=O)[C@H]1CC[C@H]2[C@]1(C)CCC(=O)C(C)(C)[C@H]1C[C@H]3OC(C)=O. The van der Waals surface area contributed by atoms with Gasteiger partial charge in [0.25, 0.3) is 0 Å². The Bertz CT molecular complexity index is 856. The van der Waals surface area contributed by atoms with E-state index in [4.69, 9.17) is 9.47 Å². The molecule has 0 radical (unpaired) electrons. The zero-order valence-electron chi connectivity index (χ0n) is 18.6. The van der Waals surface area contributed by atoms with Crippen molar-refractivity contribution in [2.75, 3.05) is 0 Å². The van der Waals surface area contributed by atoms with E-state index in [1.54, 1.807) is 0 Å². The van der Waals surface area contributed by atoms with Gasteiger partial charge in [0.2, 0.25) is 0 Å². The maximum absolute atomic E-state index is 13.8. The molecule has 6 heteroatoms. The second-order valence-electron chi connectivity index (χ2n) is 10.6. The summed E-state index contributed by atoms with van der Waals surface area (Å²) >= 11 is 0. The number of hydrogen-bond donors (Lipinski definition) is 0. The maximum Gasteiger partial charge on any atom is 0.302 e. The molecule has 4 fully saturated rings. The fraction of sp³-hybridized carbons (Fsp3) is 0.750. The number of rotatable bonds is 2. The Morgan fingerprint density at radius 3 is 2.23 bits per heavy atom. The summed E-state index contributed by atoms with van der Waals surface area (Å²) in [5.41, 5.74) is -1.50. The van der Waals surface area contributed by atoms with Crippen LogP contribution in [-0.4, -0.2) is 35.7 Å². The molecule has 0 aromatic carbocycles. The summed E-state index contributed by atoms with van der Waals surface area (Å²) in [5.74, 6) is -1.23. The molecule has 2 bridgehead atoms. The molecule has 164 valence electrons. The third-order valence-electron chi connectivity index (χ3n) is 8.97. The van der Waals surface area contributed by atoms with Crippen molar-refractivity contribution in [3.63, 3.8) is 0 Å². The molecule has 0 N–H and O–H groups in total. The molecular weight excluding hydrogens is 384 g/mol. The summed E-state index contributed by atoms with van der Waals surface area (Å²) < 4.78 is 11.6. The first-order valence-electron chi connectivity index (χ1n) is 11.0. The fourth-order valence-corrected chi connectivity index (χ4v) is 7.78. The van der Waals surface area contributed by atoms with Gasteiger partial charge in [-0.1, -0.05) is 27.4 Å². The molecule has 0 aromatic rings. The van der Waals surface area contributed by atoms with Crippen LogP contribution in [0.2, 0.25) is 0 Å². The monoisotopic (exact) mass is 416 g/mol. The van der Waals surface area contributed by atoms with Crippen LogP contribution in [0, 0.1) is 34.0 Å². The lowest BCUT2D eigenvalue weighted by atomic mass is 9.39. The van der Waals surface area contributed by atoms with Gasteiger partial charge in [-0.3, -0.25) is 19.2 Å². The molecular formula is C24H32O6. The van der Waals surface area contributed by atoms with Crippen molar-refractivity contribution in [2.24, 2.45) is 34.0 Å². The number of esters is 2. The Balaban J connectivity index is 1.93. The first-order chi connectivity index (χ1) is 13.9. The van der Waals surface area contributed by atoms with Gasteiger partial charge in [-0.25, -0.2) is 0 Å². The van der Waals surface area contributed by atoms with Crippen molar-refractivity contribution in [3.05, 3.63) is 12.2 Å². The molecule has 0 amide bonds. The lowest BCUT2D eigenvalue weighted by molar-refractivity contribution is -0.235. The summed E-state index contributed by atoms with van der Waals surface area (Å²) in [4.78, 5) is 50.8. The van der Waals surface area contributed by atoms with E-state index in [0.717, 1.165) is 6.42 Å². The van der Waals surface area contributed by atoms with Gasteiger partial charge in [0.1, 0.15) is 23.4 Å².